The molecule has 2 heterocycles. The van der Waals surface area contributed by atoms with Crippen LogP contribution in [0.5, 0.6) is 5.75 Å². The van der Waals surface area contributed by atoms with Crippen molar-refractivity contribution in [3.05, 3.63) is 29.8 Å². The highest BCUT2D eigenvalue weighted by Crippen LogP contribution is 2.23. The topological polar surface area (TPSA) is 166 Å². The molecule has 0 saturated carbocycles. The molecule has 5 atom stereocenters. The van der Waals surface area contributed by atoms with Gasteiger partial charge in [0.1, 0.15) is 29.9 Å². The summed E-state index contributed by atoms with van der Waals surface area (Å²) in [7, 11) is 1.56. The number of hydrogen-bond donors (Lipinski definition) is 5. The number of rotatable bonds is 11. The molecule has 12 nitrogen and oxygen atoms in total. The molecule has 2 saturated heterocycles. The number of methoxy groups -OCH3 is 1. The molecule has 2 aliphatic heterocycles. The second-order valence-electron chi connectivity index (χ2n) is 10.9. The molecule has 0 aliphatic carbocycles. The zero-order valence-electron chi connectivity index (χ0n) is 24.1. The molecule has 0 spiro atoms. The Hall–Kier alpha value is -3.67. The van der Waals surface area contributed by atoms with Crippen molar-refractivity contribution in [2.24, 2.45) is 5.92 Å². The van der Waals surface area contributed by atoms with Crippen LogP contribution in [0.2, 0.25) is 0 Å². The van der Waals surface area contributed by atoms with E-state index >= 15 is 0 Å². The monoisotopic (exact) mass is 573 g/mol. The van der Waals surface area contributed by atoms with Crippen molar-refractivity contribution in [1.29, 1.82) is 0 Å². The SMILES string of the molecule is CC[C@H](C)[C@@H]1NC(=O)[C@@H](Cc2ccc(OC)cc2)NC(=O)[C@H](CCCCCC(=O)NO)NC(=O)[C@H]2CCCN2C1=O. The number of nitrogens with zero attached hydrogens (tertiary/aromatic N) is 1. The van der Waals surface area contributed by atoms with Crippen LogP contribution in [0.1, 0.15) is 70.8 Å². The van der Waals surface area contributed by atoms with Gasteiger partial charge < -0.3 is 25.6 Å². The van der Waals surface area contributed by atoms with Gasteiger partial charge in [-0.3, -0.25) is 29.2 Å². The Morgan fingerprint density at radius 2 is 1.71 bits per heavy atom. The maximum atomic E-state index is 13.7. The summed E-state index contributed by atoms with van der Waals surface area (Å²) < 4.78 is 5.22. The van der Waals surface area contributed by atoms with E-state index in [2.05, 4.69) is 16.0 Å². The molecule has 0 bridgehead atoms. The molecule has 0 aromatic heterocycles. The molecule has 3 rings (SSSR count). The van der Waals surface area contributed by atoms with Gasteiger partial charge in [-0.05, 0) is 49.3 Å². The minimum Gasteiger partial charge on any atom is -0.497 e. The molecule has 5 N–H and O–H groups in total. The van der Waals surface area contributed by atoms with E-state index in [-0.39, 0.29) is 31.1 Å². The number of carbonyl (C=O) groups excluding carboxylic acids is 5. The van der Waals surface area contributed by atoms with Crippen LogP contribution < -0.4 is 26.2 Å². The van der Waals surface area contributed by atoms with E-state index in [4.69, 9.17) is 9.94 Å². The Morgan fingerprint density at radius 1 is 1.02 bits per heavy atom. The van der Waals surface area contributed by atoms with Crippen molar-refractivity contribution < 1.29 is 33.9 Å². The van der Waals surface area contributed by atoms with Crippen molar-refractivity contribution in [3.8, 4) is 5.75 Å². The van der Waals surface area contributed by atoms with Crippen molar-refractivity contribution in [3.63, 3.8) is 0 Å². The smallest absolute Gasteiger partial charge is 0.246 e. The van der Waals surface area contributed by atoms with Crippen LogP contribution in [-0.4, -0.2) is 77.5 Å². The summed E-state index contributed by atoms with van der Waals surface area (Å²) in [5, 5.41) is 17.3. The van der Waals surface area contributed by atoms with Crippen LogP contribution in [0, 0.1) is 5.92 Å². The number of nitrogens with one attached hydrogen (secondary N) is 4. The Morgan fingerprint density at radius 3 is 2.37 bits per heavy atom. The summed E-state index contributed by atoms with van der Waals surface area (Å²) in [6, 6.07) is 3.68. The van der Waals surface area contributed by atoms with Gasteiger partial charge in [-0.2, -0.15) is 0 Å². The average molecular weight is 574 g/mol. The van der Waals surface area contributed by atoms with Crippen LogP contribution in [0.25, 0.3) is 0 Å². The summed E-state index contributed by atoms with van der Waals surface area (Å²) in [4.78, 5) is 67.2. The van der Waals surface area contributed by atoms with Crippen molar-refractivity contribution in [2.45, 2.75) is 95.8 Å². The van der Waals surface area contributed by atoms with E-state index in [9.17, 15) is 24.0 Å². The first-order valence-corrected chi connectivity index (χ1v) is 14.5. The summed E-state index contributed by atoms with van der Waals surface area (Å²) in [5.41, 5.74) is 2.38. The van der Waals surface area contributed by atoms with Crippen LogP contribution in [-0.2, 0) is 30.4 Å². The van der Waals surface area contributed by atoms with Gasteiger partial charge in [-0.1, -0.05) is 45.2 Å². The zero-order chi connectivity index (χ0) is 29.9. The van der Waals surface area contributed by atoms with Gasteiger partial charge in [0.15, 0.2) is 0 Å². The van der Waals surface area contributed by atoms with Crippen LogP contribution in [0.3, 0.4) is 0 Å². The number of amides is 5. The predicted molar refractivity (Wildman–Crippen MR) is 150 cm³/mol. The Bertz CT molecular complexity index is 1080. The molecular formula is C29H43N5O7. The first kappa shape index (κ1) is 31.9. The van der Waals surface area contributed by atoms with Crippen molar-refractivity contribution >= 4 is 29.5 Å². The number of hydroxylamine groups is 1. The van der Waals surface area contributed by atoms with Gasteiger partial charge in [-0.25, -0.2) is 5.48 Å². The predicted octanol–water partition coefficient (Wildman–Crippen LogP) is 1.20. The fourth-order valence-electron chi connectivity index (χ4n) is 5.30. The summed E-state index contributed by atoms with van der Waals surface area (Å²) in [5.74, 6) is -1.66. The second kappa shape index (κ2) is 15.4. The molecule has 2 fully saturated rings. The number of carbonyl (C=O) groups is 5. The fraction of sp³-hybridized carbons (Fsp3) is 0.621. The quantitative estimate of drug-likeness (QED) is 0.151. The maximum Gasteiger partial charge on any atom is 0.246 e. The summed E-state index contributed by atoms with van der Waals surface area (Å²) in [6.45, 7) is 4.22. The van der Waals surface area contributed by atoms with Gasteiger partial charge in [0.2, 0.25) is 29.5 Å². The lowest BCUT2D eigenvalue weighted by Crippen LogP contribution is -2.62. The third kappa shape index (κ3) is 8.66. The highest BCUT2D eigenvalue weighted by molar-refractivity contribution is 5.98. The number of benzene rings is 1. The molecule has 226 valence electrons. The second-order valence-corrected chi connectivity index (χ2v) is 10.9. The summed E-state index contributed by atoms with van der Waals surface area (Å²) in [6.07, 6.45) is 3.97. The molecule has 1 aromatic rings. The molecule has 12 heteroatoms. The van der Waals surface area contributed by atoms with Gasteiger partial charge in [-0.15, -0.1) is 0 Å². The van der Waals surface area contributed by atoms with E-state index < -0.39 is 47.8 Å². The van der Waals surface area contributed by atoms with Gasteiger partial charge in [0.05, 0.1) is 7.11 Å². The lowest BCUT2D eigenvalue weighted by atomic mass is 9.95. The molecule has 1 aromatic carbocycles. The van der Waals surface area contributed by atoms with E-state index in [1.54, 1.807) is 24.7 Å². The third-order valence-electron chi connectivity index (χ3n) is 8.00. The van der Waals surface area contributed by atoms with Crippen LogP contribution in [0.15, 0.2) is 24.3 Å². The molecule has 0 unspecified atom stereocenters. The standard InChI is InChI=1S/C29H43N5O7/c1-4-18(2)25-29(39)34-16-8-10-23(34)28(38)30-21(9-6-5-7-11-24(35)33-40)26(36)31-22(27(37)32-25)17-19-12-14-20(41-3)15-13-19/h12-15,18,21-23,25,40H,4-11,16-17H2,1-3H3,(H,30,38)(H,31,36)(H,32,37)(H,33,35)/t18-,21-,22+,23+,25-/m0/s1. The van der Waals surface area contributed by atoms with E-state index in [1.165, 1.54) is 4.90 Å². The fourth-order valence-corrected chi connectivity index (χ4v) is 5.30. The van der Waals surface area contributed by atoms with Gasteiger partial charge >= 0.3 is 0 Å². The third-order valence-corrected chi connectivity index (χ3v) is 8.00. The first-order valence-electron chi connectivity index (χ1n) is 14.5. The Labute approximate surface area is 240 Å². The Kier molecular flexibility index (Phi) is 11.9. The van der Waals surface area contributed by atoms with E-state index in [1.807, 2.05) is 26.0 Å². The molecule has 41 heavy (non-hydrogen) atoms. The molecular weight excluding hydrogens is 530 g/mol. The number of ether oxygens (including phenoxy) is 1. The maximum absolute atomic E-state index is 13.7. The van der Waals surface area contributed by atoms with E-state index in [0.717, 1.165) is 5.56 Å². The zero-order valence-corrected chi connectivity index (χ0v) is 24.1. The number of fused-ring (bicyclic) bond motifs is 1. The highest BCUT2D eigenvalue weighted by Gasteiger charge is 2.41. The molecule has 2 aliphatic rings. The minimum absolute atomic E-state index is 0.139. The minimum atomic E-state index is -0.989. The summed E-state index contributed by atoms with van der Waals surface area (Å²) >= 11 is 0. The number of hydrogen-bond acceptors (Lipinski definition) is 7. The van der Waals surface area contributed by atoms with Crippen molar-refractivity contribution in [2.75, 3.05) is 13.7 Å². The van der Waals surface area contributed by atoms with E-state index in [0.29, 0.717) is 50.8 Å². The number of unbranched alkanes of at least 4 members (excludes halogenated alkanes) is 2. The van der Waals surface area contributed by atoms with Gasteiger partial charge in [0, 0.05) is 19.4 Å². The van der Waals surface area contributed by atoms with Crippen molar-refractivity contribution in [1.82, 2.24) is 26.3 Å². The highest BCUT2D eigenvalue weighted by atomic mass is 16.5. The lowest BCUT2D eigenvalue weighted by Gasteiger charge is -2.34. The van der Waals surface area contributed by atoms with Gasteiger partial charge in [0.25, 0.3) is 0 Å². The normalized spacial score (nSPS) is 24.2. The largest absolute Gasteiger partial charge is 0.497 e. The molecule has 0 radical (unpaired) electrons. The Balaban J connectivity index is 1.88. The molecule has 5 amide bonds. The first-order chi connectivity index (χ1) is 19.7. The van der Waals surface area contributed by atoms with Crippen LogP contribution in [0.4, 0.5) is 0 Å². The lowest BCUT2D eigenvalue weighted by molar-refractivity contribution is -0.144. The van der Waals surface area contributed by atoms with Crippen LogP contribution >= 0.6 is 0 Å². The average Bonchev–Trinajstić information content (AvgIpc) is 3.48.